The van der Waals surface area contributed by atoms with Gasteiger partial charge in [-0.3, -0.25) is 4.90 Å². The van der Waals surface area contributed by atoms with Crippen molar-refractivity contribution in [2.24, 2.45) is 5.41 Å². The second-order valence-corrected chi connectivity index (χ2v) is 5.39. The van der Waals surface area contributed by atoms with Crippen LogP contribution in [-0.4, -0.2) is 36.6 Å². The quantitative estimate of drug-likeness (QED) is 0.660. The summed E-state index contributed by atoms with van der Waals surface area (Å²) < 4.78 is 0. The summed E-state index contributed by atoms with van der Waals surface area (Å²) in [5, 5.41) is 3.54. The molecule has 2 atom stereocenters. The number of hydrogen-bond acceptors (Lipinski definition) is 2. The predicted octanol–water partition coefficient (Wildman–Crippen LogP) is 1.47. The summed E-state index contributed by atoms with van der Waals surface area (Å²) in [6.45, 7) is 10.8. The molecule has 0 aromatic carbocycles. The molecule has 0 amide bonds. The van der Waals surface area contributed by atoms with E-state index in [4.69, 9.17) is 0 Å². The Labute approximate surface area is 81.7 Å². The van der Waals surface area contributed by atoms with Crippen LogP contribution in [0.5, 0.6) is 0 Å². The third-order valence-electron chi connectivity index (χ3n) is 3.64. The van der Waals surface area contributed by atoms with Gasteiger partial charge in [-0.25, -0.2) is 0 Å². The standard InChI is InChI=1S/C11H22N2/c1-9-4-6-13(7-5-12-9)10-8-11(10,2)3/h9-10,12H,4-8H2,1-3H3. The van der Waals surface area contributed by atoms with Gasteiger partial charge in [0.25, 0.3) is 0 Å². The third kappa shape index (κ3) is 2.05. The van der Waals surface area contributed by atoms with Crippen LogP contribution in [0.2, 0.25) is 0 Å². The molecule has 76 valence electrons. The average molecular weight is 182 g/mol. The molecule has 1 aliphatic heterocycles. The summed E-state index contributed by atoms with van der Waals surface area (Å²) in [7, 11) is 0. The maximum atomic E-state index is 3.54. The topological polar surface area (TPSA) is 15.3 Å². The Morgan fingerprint density at radius 1 is 1.31 bits per heavy atom. The van der Waals surface area contributed by atoms with Gasteiger partial charge in [0.05, 0.1) is 0 Å². The van der Waals surface area contributed by atoms with Crippen molar-refractivity contribution in [3.05, 3.63) is 0 Å². The van der Waals surface area contributed by atoms with Crippen LogP contribution in [0.4, 0.5) is 0 Å². The van der Waals surface area contributed by atoms with Crippen LogP contribution in [0, 0.1) is 5.41 Å². The fourth-order valence-corrected chi connectivity index (χ4v) is 2.40. The van der Waals surface area contributed by atoms with E-state index in [2.05, 4.69) is 31.0 Å². The Hall–Kier alpha value is -0.0800. The molecule has 0 spiro atoms. The molecule has 1 saturated carbocycles. The molecule has 1 heterocycles. The van der Waals surface area contributed by atoms with Gasteiger partial charge in [-0.15, -0.1) is 0 Å². The van der Waals surface area contributed by atoms with Gasteiger partial charge in [-0.1, -0.05) is 13.8 Å². The summed E-state index contributed by atoms with van der Waals surface area (Å²) in [5.74, 6) is 0. The van der Waals surface area contributed by atoms with E-state index in [9.17, 15) is 0 Å². The highest BCUT2D eigenvalue weighted by Gasteiger charge is 2.49. The van der Waals surface area contributed by atoms with Gasteiger partial charge in [-0.05, 0) is 31.7 Å². The SMILES string of the molecule is CC1CCN(C2CC2(C)C)CCN1. The number of nitrogens with one attached hydrogen (secondary N) is 1. The Morgan fingerprint density at radius 3 is 2.62 bits per heavy atom. The van der Waals surface area contributed by atoms with Gasteiger partial charge in [0.2, 0.25) is 0 Å². The van der Waals surface area contributed by atoms with E-state index in [1.54, 1.807) is 0 Å². The van der Waals surface area contributed by atoms with E-state index in [0.717, 1.165) is 6.04 Å². The molecule has 1 aliphatic carbocycles. The minimum Gasteiger partial charge on any atom is -0.313 e. The molecule has 2 rings (SSSR count). The third-order valence-corrected chi connectivity index (χ3v) is 3.64. The van der Waals surface area contributed by atoms with Crippen molar-refractivity contribution in [2.75, 3.05) is 19.6 Å². The number of nitrogens with zero attached hydrogens (tertiary/aromatic N) is 1. The van der Waals surface area contributed by atoms with Gasteiger partial charge in [0.15, 0.2) is 0 Å². The van der Waals surface area contributed by atoms with Crippen LogP contribution in [0.3, 0.4) is 0 Å². The summed E-state index contributed by atoms with van der Waals surface area (Å²) in [6, 6.07) is 1.59. The molecule has 0 aromatic rings. The van der Waals surface area contributed by atoms with Crippen molar-refractivity contribution in [1.29, 1.82) is 0 Å². The lowest BCUT2D eigenvalue weighted by atomic mass is 10.1. The Morgan fingerprint density at radius 2 is 2.00 bits per heavy atom. The molecular formula is C11H22N2. The number of rotatable bonds is 1. The first-order chi connectivity index (χ1) is 6.09. The molecule has 13 heavy (non-hydrogen) atoms. The van der Waals surface area contributed by atoms with Crippen molar-refractivity contribution in [3.63, 3.8) is 0 Å². The monoisotopic (exact) mass is 182 g/mol. The van der Waals surface area contributed by atoms with Crippen LogP contribution >= 0.6 is 0 Å². The molecule has 2 heteroatoms. The van der Waals surface area contributed by atoms with Crippen LogP contribution in [0.1, 0.15) is 33.6 Å². The molecular weight excluding hydrogens is 160 g/mol. The lowest BCUT2D eigenvalue weighted by Crippen LogP contribution is -2.32. The van der Waals surface area contributed by atoms with E-state index >= 15 is 0 Å². The molecule has 2 fully saturated rings. The van der Waals surface area contributed by atoms with Crippen molar-refractivity contribution < 1.29 is 0 Å². The second kappa shape index (κ2) is 3.25. The Balaban J connectivity index is 1.87. The minimum absolute atomic E-state index is 0.605. The summed E-state index contributed by atoms with van der Waals surface area (Å²) in [4.78, 5) is 2.68. The van der Waals surface area contributed by atoms with Crippen molar-refractivity contribution in [2.45, 2.75) is 45.7 Å². The molecule has 1 saturated heterocycles. The maximum Gasteiger partial charge on any atom is 0.0153 e. The minimum atomic E-state index is 0.605. The maximum absolute atomic E-state index is 3.54. The Bertz CT molecular complexity index is 189. The normalized spacial score (nSPS) is 39.9. The van der Waals surface area contributed by atoms with Crippen LogP contribution < -0.4 is 5.32 Å². The fraction of sp³-hybridized carbons (Fsp3) is 1.00. The second-order valence-electron chi connectivity index (χ2n) is 5.39. The first-order valence-corrected chi connectivity index (χ1v) is 5.57. The van der Waals surface area contributed by atoms with Crippen LogP contribution in [0.15, 0.2) is 0 Å². The highest BCUT2D eigenvalue weighted by Crippen LogP contribution is 2.48. The van der Waals surface area contributed by atoms with E-state index in [1.165, 1.54) is 32.5 Å². The van der Waals surface area contributed by atoms with Gasteiger partial charge in [-0.2, -0.15) is 0 Å². The van der Waals surface area contributed by atoms with Crippen LogP contribution in [0.25, 0.3) is 0 Å². The van der Waals surface area contributed by atoms with E-state index in [0.29, 0.717) is 11.5 Å². The van der Waals surface area contributed by atoms with Gasteiger partial charge >= 0.3 is 0 Å². The molecule has 1 N–H and O–H groups in total. The summed E-state index contributed by atoms with van der Waals surface area (Å²) in [6.07, 6.45) is 2.72. The first kappa shape index (κ1) is 9.47. The first-order valence-electron chi connectivity index (χ1n) is 5.57. The van der Waals surface area contributed by atoms with Gasteiger partial charge in [0, 0.05) is 25.2 Å². The molecule has 0 bridgehead atoms. The zero-order chi connectivity index (χ0) is 9.47. The molecule has 2 unspecified atom stereocenters. The van der Waals surface area contributed by atoms with E-state index in [1.807, 2.05) is 0 Å². The van der Waals surface area contributed by atoms with Gasteiger partial charge in [0.1, 0.15) is 0 Å². The molecule has 2 aliphatic rings. The average Bonchev–Trinajstić information content (AvgIpc) is 2.71. The lowest BCUT2D eigenvalue weighted by molar-refractivity contribution is 0.250. The van der Waals surface area contributed by atoms with Crippen molar-refractivity contribution in [1.82, 2.24) is 10.2 Å². The van der Waals surface area contributed by atoms with Crippen molar-refractivity contribution in [3.8, 4) is 0 Å². The van der Waals surface area contributed by atoms with Gasteiger partial charge < -0.3 is 5.32 Å². The zero-order valence-corrected chi connectivity index (χ0v) is 9.14. The smallest absolute Gasteiger partial charge is 0.0153 e. The molecule has 2 nitrogen and oxygen atoms in total. The zero-order valence-electron chi connectivity index (χ0n) is 9.14. The highest BCUT2D eigenvalue weighted by molar-refractivity contribution is 5.03. The lowest BCUT2D eigenvalue weighted by Gasteiger charge is -2.21. The van der Waals surface area contributed by atoms with E-state index in [-0.39, 0.29) is 0 Å². The fourth-order valence-electron chi connectivity index (χ4n) is 2.40. The molecule has 0 radical (unpaired) electrons. The highest BCUT2D eigenvalue weighted by atomic mass is 15.2. The van der Waals surface area contributed by atoms with Crippen molar-refractivity contribution >= 4 is 0 Å². The molecule has 0 aromatic heterocycles. The predicted molar refractivity (Wildman–Crippen MR) is 55.8 cm³/mol. The van der Waals surface area contributed by atoms with Crippen LogP contribution in [-0.2, 0) is 0 Å². The van der Waals surface area contributed by atoms with E-state index < -0.39 is 0 Å². The summed E-state index contributed by atoms with van der Waals surface area (Å²) in [5.41, 5.74) is 0.605. The number of hydrogen-bond donors (Lipinski definition) is 1. The Kier molecular flexibility index (Phi) is 2.37. The summed E-state index contributed by atoms with van der Waals surface area (Å²) >= 11 is 0. The largest absolute Gasteiger partial charge is 0.313 e.